The summed E-state index contributed by atoms with van der Waals surface area (Å²) in [6.45, 7) is 2.10. The minimum atomic E-state index is 1.05. The zero-order valence-electron chi connectivity index (χ0n) is 5.99. The lowest BCUT2D eigenvalue weighted by molar-refractivity contribution is 1.15. The maximum absolute atomic E-state index is 3.88. The van der Waals surface area contributed by atoms with E-state index in [0.29, 0.717) is 0 Å². The van der Waals surface area contributed by atoms with Gasteiger partial charge < -0.3 is 0 Å². The Labute approximate surface area is 60.6 Å². The molecule has 0 bridgehead atoms. The van der Waals surface area contributed by atoms with E-state index in [1.807, 2.05) is 6.08 Å². The van der Waals surface area contributed by atoms with Gasteiger partial charge in [-0.15, -0.1) is 0 Å². The zero-order valence-corrected chi connectivity index (χ0v) is 5.99. The number of nitrogens with zero attached hydrogens (tertiary/aromatic N) is 2. The van der Waals surface area contributed by atoms with E-state index in [9.17, 15) is 0 Å². The number of hydrogen-bond acceptors (Lipinski definition) is 2. The van der Waals surface area contributed by atoms with Crippen molar-refractivity contribution in [1.82, 2.24) is 9.97 Å². The fourth-order valence-corrected chi connectivity index (χ4v) is 0.651. The van der Waals surface area contributed by atoms with Gasteiger partial charge in [-0.1, -0.05) is 19.1 Å². The first-order valence-corrected chi connectivity index (χ1v) is 3.35. The van der Waals surface area contributed by atoms with Crippen LogP contribution in [0.1, 0.15) is 18.9 Å². The van der Waals surface area contributed by atoms with Crippen LogP contribution < -0.4 is 0 Å². The van der Waals surface area contributed by atoms with Gasteiger partial charge in [-0.25, -0.2) is 9.97 Å². The van der Waals surface area contributed by atoms with Crippen molar-refractivity contribution in [1.29, 1.82) is 0 Å². The Bertz CT molecular complexity index is 204. The molecular formula is C8H10N2. The van der Waals surface area contributed by atoms with Crippen molar-refractivity contribution in [3.05, 3.63) is 30.4 Å². The second-order valence-corrected chi connectivity index (χ2v) is 1.98. The van der Waals surface area contributed by atoms with Gasteiger partial charge in [0.15, 0.2) is 0 Å². The van der Waals surface area contributed by atoms with Crippen molar-refractivity contribution in [3.8, 4) is 0 Å². The van der Waals surface area contributed by atoms with Crippen LogP contribution in [0, 0.1) is 0 Å². The van der Waals surface area contributed by atoms with Gasteiger partial charge in [0.1, 0.15) is 6.33 Å². The SMILES string of the molecule is CC/C=C/c1cncnc1. The summed E-state index contributed by atoms with van der Waals surface area (Å²) < 4.78 is 0. The molecule has 0 unspecified atom stereocenters. The molecule has 0 atom stereocenters. The van der Waals surface area contributed by atoms with Crippen LogP contribution in [0.15, 0.2) is 24.8 Å². The number of hydrogen-bond donors (Lipinski definition) is 0. The molecule has 1 heterocycles. The summed E-state index contributed by atoms with van der Waals surface area (Å²) in [5, 5.41) is 0. The predicted octanol–water partition coefficient (Wildman–Crippen LogP) is 1.90. The van der Waals surface area contributed by atoms with E-state index in [0.717, 1.165) is 12.0 Å². The number of rotatable bonds is 2. The molecule has 0 aliphatic heterocycles. The van der Waals surface area contributed by atoms with Crippen molar-refractivity contribution in [2.24, 2.45) is 0 Å². The van der Waals surface area contributed by atoms with Crippen LogP contribution in [0.25, 0.3) is 6.08 Å². The molecule has 0 saturated heterocycles. The first-order valence-electron chi connectivity index (χ1n) is 3.35. The van der Waals surface area contributed by atoms with Crippen molar-refractivity contribution in [2.45, 2.75) is 13.3 Å². The van der Waals surface area contributed by atoms with Crippen LogP contribution in [0.2, 0.25) is 0 Å². The Morgan fingerprint density at radius 3 is 2.70 bits per heavy atom. The van der Waals surface area contributed by atoms with E-state index in [4.69, 9.17) is 0 Å². The molecule has 0 N–H and O–H groups in total. The first-order chi connectivity index (χ1) is 4.93. The molecule has 0 amide bonds. The number of aromatic nitrogens is 2. The Balaban J connectivity index is 2.67. The van der Waals surface area contributed by atoms with Gasteiger partial charge in [0.2, 0.25) is 0 Å². The Hall–Kier alpha value is -1.18. The molecular weight excluding hydrogens is 124 g/mol. The first kappa shape index (κ1) is 6.93. The standard InChI is InChI=1S/C8H10N2/c1-2-3-4-8-5-9-7-10-6-8/h3-7H,2H2,1H3/b4-3+. The molecule has 10 heavy (non-hydrogen) atoms. The Morgan fingerprint density at radius 1 is 1.40 bits per heavy atom. The molecule has 1 aromatic rings. The van der Waals surface area contributed by atoms with E-state index in [1.54, 1.807) is 12.4 Å². The smallest absolute Gasteiger partial charge is 0.115 e. The van der Waals surface area contributed by atoms with E-state index in [2.05, 4.69) is 23.0 Å². The van der Waals surface area contributed by atoms with Crippen molar-refractivity contribution in [2.75, 3.05) is 0 Å². The molecule has 0 fully saturated rings. The van der Waals surface area contributed by atoms with Crippen LogP contribution in [0.3, 0.4) is 0 Å². The fourth-order valence-electron chi connectivity index (χ4n) is 0.651. The van der Waals surface area contributed by atoms with E-state index in [1.165, 1.54) is 6.33 Å². The van der Waals surface area contributed by atoms with Gasteiger partial charge in [0.25, 0.3) is 0 Å². The highest BCUT2D eigenvalue weighted by Gasteiger charge is 1.81. The van der Waals surface area contributed by atoms with Crippen LogP contribution in [0.5, 0.6) is 0 Å². The van der Waals surface area contributed by atoms with Crippen LogP contribution >= 0.6 is 0 Å². The lowest BCUT2D eigenvalue weighted by Crippen LogP contribution is -1.77. The summed E-state index contributed by atoms with van der Waals surface area (Å²) in [6, 6.07) is 0. The minimum absolute atomic E-state index is 1.05. The average Bonchev–Trinajstić information content (AvgIpc) is 2.03. The highest BCUT2D eigenvalue weighted by Crippen LogP contribution is 1.96. The molecule has 0 aliphatic rings. The summed E-state index contributed by atoms with van der Waals surface area (Å²) in [4.78, 5) is 7.75. The monoisotopic (exact) mass is 134 g/mol. The van der Waals surface area contributed by atoms with Gasteiger partial charge in [0, 0.05) is 18.0 Å². The lowest BCUT2D eigenvalue weighted by atomic mass is 10.3. The fraction of sp³-hybridized carbons (Fsp3) is 0.250. The average molecular weight is 134 g/mol. The summed E-state index contributed by atoms with van der Waals surface area (Å²) in [7, 11) is 0. The molecule has 0 spiro atoms. The van der Waals surface area contributed by atoms with Gasteiger partial charge in [-0.05, 0) is 6.42 Å². The molecule has 0 radical (unpaired) electrons. The normalized spacial score (nSPS) is 10.5. The third kappa shape index (κ3) is 1.97. The van der Waals surface area contributed by atoms with Crippen LogP contribution in [-0.4, -0.2) is 9.97 Å². The lowest BCUT2D eigenvalue weighted by Gasteiger charge is -1.86. The maximum Gasteiger partial charge on any atom is 0.115 e. The van der Waals surface area contributed by atoms with Crippen LogP contribution in [0.4, 0.5) is 0 Å². The topological polar surface area (TPSA) is 25.8 Å². The quantitative estimate of drug-likeness (QED) is 0.617. The number of allylic oxidation sites excluding steroid dienone is 1. The highest BCUT2D eigenvalue weighted by molar-refractivity contribution is 5.45. The maximum atomic E-state index is 3.88. The third-order valence-electron chi connectivity index (χ3n) is 1.13. The van der Waals surface area contributed by atoms with Gasteiger partial charge >= 0.3 is 0 Å². The second kappa shape index (κ2) is 3.77. The van der Waals surface area contributed by atoms with Crippen LogP contribution in [-0.2, 0) is 0 Å². The third-order valence-corrected chi connectivity index (χ3v) is 1.13. The highest BCUT2D eigenvalue weighted by atomic mass is 14.8. The molecule has 0 saturated carbocycles. The largest absolute Gasteiger partial charge is 0.244 e. The molecule has 52 valence electrons. The summed E-state index contributed by atoms with van der Waals surface area (Å²) in [5.41, 5.74) is 1.06. The summed E-state index contributed by atoms with van der Waals surface area (Å²) in [6.07, 6.45) is 10.3. The molecule has 2 heteroatoms. The molecule has 1 aromatic heterocycles. The van der Waals surface area contributed by atoms with Gasteiger partial charge in [-0.3, -0.25) is 0 Å². The van der Waals surface area contributed by atoms with Gasteiger partial charge in [0.05, 0.1) is 0 Å². The van der Waals surface area contributed by atoms with Gasteiger partial charge in [-0.2, -0.15) is 0 Å². The van der Waals surface area contributed by atoms with Crippen molar-refractivity contribution >= 4 is 6.08 Å². The second-order valence-electron chi connectivity index (χ2n) is 1.98. The summed E-state index contributed by atoms with van der Waals surface area (Å²) >= 11 is 0. The van der Waals surface area contributed by atoms with E-state index < -0.39 is 0 Å². The predicted molar refractivity (Wildman–Crippen MR) is 41.4 cm³/mol. The zero-order chi connectivity index (χ0) is 7.23. The summed E-state index contributed by atoms with van der Waals surface area (Å²) in [5.74, 6) is 0. The van der Waals surface area contributed by atoms with E-state index in [-0.39, 0.29) is 0 Å². The molecule has 0 aromatic carbocycles. The molecule has 0 aliphatic carbocycles. The minimum Gasteiger partial charge on any atom is -0.244 e. The Kier molecular flexibility index (Phi) is 2.62. The van der Waals surface area contributed by atoms with Crippen molar-refractivity contribution in [3.63, 3.8) is 0 Å². The molecule has 2 nitrogen and oxygen atoms in total. The van der Waals surface area contributed by atoms with Crippen molar-refractivity contribution < 1.29 is 0 Å². The Morgan fingerprint density at radius 2 is 2.10 bits per heavy atom. The van der Waals surface area contributed by atoms with E-state index >= 15 is 0 Å². The molecule has 1 rings (SSSR count).